The van der Waals surface area contributed by atoms with Gasteiger partial charge in [0.1, 0.15) is 10.3 Å². The van der Waals surface area contributed by atoms with Gasteiger partial charge in [0.2, 0.25) is 0 Å². The molecule has 0 radical (unpaired) electrons. The van der Waals surface area contributed by atoms with Gasteiger partial charge < -0.3 is 18.9 Å². The average molecular weight is 480 g/mol. The molecule has 3 heterocycles. The van der Waals surface area contributed by atoms with Crippen LogP contribution in [0, 0.1) is 0 Å². The number of amides is 1. The summed E-state index contributed by atoms with van der Waals surface area (Å²) in [4.78, 5) is 18.5. The molecule has 2 aliphatic rings. The molecule has 0 N–H and O–H groups in total. The van der Waals surface area contributed by atoms with E-state index < -0.39 is 17.0 Å². The van der Waals surface area contributed by atoms with Gasteiger partial charge >= 0.3 is 6.09 Å². The van der Waals surface area contributed by atoms with Crippen LogP contribution < -0.4 is 4.31 Å². The minimum atomic E-state index is -1.15. The smallest absolute Gasteiger partial charge is 0.410 e. The number of carbonyl (C=O) groups excluding carboxylic acids is 1. The molecule has 1 fully saturated rings. The Bertz CT molecular complexity index is 793. The van der Waals surface area contributed by atoms with E-state index in [-0.39, 0.29) is 23.0 Å². The standard InChI is InChI=1S/C25H41N3O4S/c1-24(2,3)32-23(29)27-16-14-21(18-27)31-17-8-7-11-20-13-12-19-10-9-15-26-22(19)28(20)33(30)25(4,5)6/h9-10,15,20-21H,7-8,11-14,16-18H2,1-6H3/t20?,21-,33?/m1/s1. The molecule has 0 aromatic carbocycles. The summed E-state index contributed by atoms with van der Waals surface area (Å²) in [5.74, 6) is 0.881. The zero-order chi connectivity index (χ0) is 24.2. The van der Waals surface area contributed by atoms with Crippen LogP contribution in [-0.2, 0) is 27.3 Å². The van der Waals surface area contributed by atoms with E-state index in [9.17, 15) is 9.35 Å². The fraction of sp³-hybridized carbons (Fsp3) is 0.760. The molecule has 3 rings (SSSR count). The molecule has 1 amide bonds. The Labute approximate surface area is 202 Å². The predicted octanol–water partition coefficient (Wildman–Crippen LogP) is 4.86. The summed E-state index contributed by atoms with van der Waals surface area (Å²) in [7, 11) is 0. The van der Waals surface area contributed by atoms with Crippen molar-refractivity contribution in [1.82, 2.24) is 9.88 Å². The number of anilines is 1. The Balaban J connectivity index is 1.45. The molecule has 186 valence electrons. The Hall–Kier alpha value is -1.51. The Morgan fingerprint density at radius 2 is 1.97 bits per heavy atom. The minimum Gasteiger partial charge on any atom is -0.592 e. The van der Waals surface area contributed by atoms with Crippen molar-refractivity contribution < 1.29 is 18.8 Å². The van der Waals surface area contributed by atoms with Gasteiger partial charge in [-0.3, -0.25) is 0 Å². The van der Waals surface area contributed by atoms with Crippen molar-refractivity contribution in [1.29, 1.82) is 0 Å². The quantitative estimate of drug-likeness (QED) is 0.410. The molecule has 1 saturated heterocycles. The Kier molecular flexibility index (Phi) is 8.56. The van der Waals surface area contributed by atoms with Gasteiger partial charge in [0.05, 0.1) is 30.1 Å². The number of carbonyl (C=O) groups is 1. The van der Waals surface area contributed by atoms with Gasteiger partial charge in [-0.15, -0.1) is 0 Å². The van der Waals surface area contributed by atoms with E-state index in [1.54, 1.807) is 11.1 Å². The molecular weight excluding hydrogens is 438 g/mol. The lowest BCUT2D eigenvalue weighted by Gasteiger charge is -2.41. The maximum absolute atomic E-state index is 13.4. The lowest BCUT2D eigenvalue weighted by Crippen LogP contribution is -2.51. The first-order chi connectivity index (χ1) is 15.5. The predicted molar refractivity (Wildman–Crippen MR) is 133 cm³/mol. The van der Waals surface area contributed by atoms with E-state index >= 15 is 0 Å². The number of fused-ring (bicyclic) bond motifs is 1. The number of pyridine rings is 1. The molecule has 3 atom stereocenters. The number of aryl methyl sites for hydroxylation is 1. The molecule has 1 aromatic heterocycles. The second-order valence-corrected chi connectivity index (χ2v) is 13.2. The summed E-state index contributed by atoms with van der Waals surface area (Å²) in [6, 6.07) is 4.28. The van der Waals surface area contributed by atoms with E-state index in [4.69, 9.17) is 9.47 Å². The van der Waals surface area contributed by atoms with E-state index in [0.29, 0.717) is 19.7 Å². The maximum Gasteiger partial charge on any atom is 0.410 e. The first-order valence-electron chi connectivity index (χ1n) is 12.2. The molecule has 2 aliphatic heterocycles. The zero-order valence-corrected chi connectivity index (χ0v) is 22.0. The van der Waals surface area contributed by atoms with Crippen molar-refractivity contribution in [3.63, 3.8) is 0 Å². The van der Waals surface area contributed by atoms with Crippen LogP contribution in [0.2, 0.25) is 0 Å². The molecule has 1 aromatic rings. The second-order valence-electron chi connectivity index (χ2n) is 11.1. The Morgan fingerprint density at radius 1 is 1.21 bits per heavy atom. The van der Waals surface area contributed by atoms with E-state index in [1.165, 1.54) is 5.56 Å². The molecule has 8 heteroatoms. The maximum atomic E-state index is 13.4. The van der Waals surface area contributed by atoms with Gasteiger partial charge in [-0.25, -0.2) is 9.78 Å². The summed E-state index contributed by atoms with van der Waals surface area (Å²) in [6.07, 6.45) is 7.36. The number of hydrogen-bond donors (Lipinski definition) is 0. The third kappa shape index (κ3) is 7.23. The summed E-state index contributed by atoms with van der Waals surface area (Å²) in [5, 5.41) is 0. The highest BCUT2D eigenvalue weighted by Gasteiger charge is 2.41. The number of hydrogen-bond acceptors (Lipinski definition) is 6. The topological polar surface area (TPSA) is 78.0 Å². The van der Waals surface area contributed by atoms with Crippen molar-refractivity contribution in [2.45, 2.75) is 103 Å². The molecule has 0 saturated carbocycles. The normalized spacial score (nSPS) is 22.3. The van der Waals surface area contributed by atoms with Crippen LogP contribution in [0.5, 0.6) is 0 Å². The van der Waals surface area contributed by atoms with E-state index in [1.807, 2.05) is 47.6 Å². The first kappa shape index (κ1) is 26.1. The molecule has 0 aliphatic carbocycles. The van der Waals surface area contributed by atoms with Crippen molar-refractivity contribution in [3.8, 4) is 0 Å². The third-order valence-corrected chi connectivity index (χ3v) is 7.82. The fourth-order valence-corrected chi connectivity index (χ4v) is 5.69. The van der Waals surface area contributed by atoms with Gasteiger partial charge in [-0.1, -0.05) is 6.07 Å². The number of nitrogens with zero attached hydrogens (tertiary/aromatic N) is 3. The number of unbranched alkanes of at least 4 members (excludes halogenated alkanes) is 1. The zero-order valence-electron chi connectivity index (χ0n) is 21.1. The molecule has 33 heavy (non-hydrogen) atoms. The lowest BCUT2D eigenvalue weighted by molar-refractivity contribution is 0.0206. The summed E-state index contributed by atoms with van der Waals surface area (Å²) < 4.78 is 26.6. The van der Waals surface area contributed by atoms with Gasteiger partial charge in [0.25, 0.3) is 0 Å². The largest absolute Gasteiger partial charge is 0.592 e. The van der Waals surface area contributed by atoms with Gasteiger partial charge in [-0.05, 0) is 91.7 Å². The van der Waals surface area contributed by atoms with Crippen molar-refractivity contribution in [3.05, 3.63) is 23.9 Å². The summed E-state index contributed by atoms with van der Waals surface area (Å²) >= 11 is -1.15. The lowest BCUT2D eigenvalue weighted by atomic mass is 9.97. The van der Waals surface area contributed by atoms with Crippen LogP contribution in [0.25, 0.3) is 0 Å². The van der Waals surface area contributed by atoms with Gasteiger partial charge in [0, 0.05) is 19.3 Å². The second kappa shape index (κ2) is 10.8. The summed E-state index contributed by atoms with van der Waals surface area (Å²) in [5.41, 5.74) is 0.709. The monoisotopic (exact) mass is 479 g/mol. The van der Waals surface area contributed by atoms with E-state index in [2.05, 4.69) is 15.4 Å². The third-order valence-electron chi connectivity index (χ3n) is 5.94. The summed E-state index contributed by atoms with van der Waals surface area (Å²) in [6.45, 7) is 13.7. The van der Waals surface area contributed by atoms with Crippen molar-refractivity contribution in [2.75, 3.05) is 24.0 Å². The Morgan fingerprint density at radius 3 is 2.67 bits per heavy atom. The van der Waals surface area contributed by atoms with Crippen LogP contribution in [0.15, 0.2) is 18.3 Å². The highest BCUT2D eigenvalue weighted by Crippen LogP contribution is 2.36. The van der Waals surface area contributed by atoms with E-state index in [0.717, 1.165) is 44.3 Å². The van der Waals surface area contributed by atoms with Crippen LogP contribution in [0.4, 0.5) is 10.6 Å². The fourth-order valence-electron chi connectivity index (χ4n) is 4.30. The number of aromatic nitrogens is 1. The van der Waals surface area contributed by atoms with Crippen LogP contribution >= 0.6 is 0 Å². The SMILES string of the molecule is CC(C)(C)OC(=O)N1CC[C@@H](OCCCCC2CCc3cccnc3N2[S+]([O-])C(C)(C)C)C1. The van der Waals surface area contributed by atoms with Crippen LogP contribution in [-0.4, -0.2) is 62.7 Å². The minimum absolute atomic E-state index is 0.0770. The molecule has 7 nitrogen and oxygen atoms in total. The van der Waals surface area contributed by atoms with Gasteiger partial charge in [0.15, 0.2) is 5.82 Å². The number of likely N-dealkylation sites (tertiary alicyclic amines) is 1. The van der Waals surface area contributed by atoms with Crippen LogP contribution in [0.1, 0.15) is 79.2 Å². The van der Waals surface area contributed by atoms with Gasteiger partial charge in [-0.2, -0.15) is 4.31 Å². The highest BCUT2D eigenvalue weighted by atomic mass is 32.2. The molecule has 0 bridgehead atoms. The number of rotatable bonds is 7. The number of ether oxygens (including phenoxy) is 2. The first-order valence-corrected chi connectivity index (χ1v) is 13.3. The molecular formula is C25H41N3O4S. The van der Waals surface area contributed by atoms with Crippen molar-refractivity contribution >= 4 is 23.3 Å². The highest BCUT2D eigenvalue weighted by molar-refractivity contribution is 7.94. The van der Waals surface area contributed by atoms with Crippen molar-refractivity contribution in [2.24, 2.45) is 0 Å². The molecule has 0 spiro atoms. The van der Waals surface area contributed by atoms with Crippen LogP contribution in [0.3, 0.4) is 0 Å². The average Bonchev–Trinajstić information content (AvgIpc) is 3.20. The molecule has 2 unspecified atom stereocenters.